The second kappa shape index (κ2) is 9.62. The van der Waals surface area contributed by atoms with Gasteiger partial charge in [-0.25, -0.2) is 0 Å². The van der Waals surface area contributed by atoms with Crippen molar-refractivity contribution in [3.63, 3.8) is 0 Å². The number of aliphatic hydroxyl groups excluding tert-OH is 1. The van der Waals surface area contributed by atoms with Crippen molar-refractivity contribution in [1.29, 1.82) is 0 Å². The van der Waals surface area contributed by atoms with E-state index in [9.17, 15) is 5.11 Å². The van der Waals surface area contributed by atoms with Crippen molar-refractivity contribution in [2.75, 3.05) is 27.3 Å². The zero-order valence-electron chi connectivity index (χ0n) is 17.2. The molecule has 148 valence electrons. The highest BCUT2D eigenvalue weighted by Crippen LogP contribution is 2.43. The molecule has 0 aromatic heterocycles. The number of ether oxygens (including phenoxy) is 3. The van der Waals surface area contributed by atoms with Gasteiger partial charge in [0.05, 0.1) is 20.3 Å². The third-order valence-electron chi connectivity index (χ3n) is 4.54. The number of benzene rings is 2. The Bertz CT molecular complexity index is 741. The topological polar surface area (TPSA) is 51.2 Å². The fourth-order valence-corrected chi connectivity index (χ4v) is 3.17. The van der Waals surface area contributed by atoms with E-state index in [1.165, 1.54) is 0 Å². The number of hydrogen-bond acceptors (Lipinski definition) is 5. The van der Waals surface area contributed by atoms with Gasteiger partial charge in [-0.2, -0.15) is 0 Å². The van der Waals surface area contributed by atoms with E-state index in [1.807, 2.05) is 69.0 Å². The monoisotopic (exact) mass is 373 g/mol. The molecule has 0 saturated carbocycles. The third-order valence-corrected chi connectivity index (χ3v) is 4.54. The van der Waals surface area contributed by atoms with Crippen LogP contribution in [0.2, 0.25) is 0 Å². The Morgan fingerprint density at radius 2 is 1.67 bits per heavy atom. The predicted molar refractivity (Wildman–Crippen MR) is 109 cm³/mol. The zero-order valence-corrected chi connectivity index (χ0v) is 17.2. The molecule has 0 fully saturated rings. The number of rotatable bonds is 9. The number of nitrogens with zero attached hydrogens (tertiary/aromatic N) is 1. The van der Waals surface area contributed by atoms with E-state index in [0.717, 1.165) is 35.5 Å². The number of hydrogen-bond donors (Lipinski definition) is 1. The smallest absolute Gasteiger partial charge is 0.134 e. The van der Waals surface area contributed by atoms with Gasteiger partial charge in [-0.15, -0.1) is 0 Å². The lowest BCUT2D eigenvalue weighted by molar-refractivity contribution is 0.00925. The molecular formula is C22H31NO4. The van der Waals surface area contributed by atoms with Gasteiger partial charge in [-0.1, -0.05) is 26.0 Å². The Morgan fingerprint density at radius 3 is 2.22 bits per heavy atom. The van der Waals surface area contributed by atoms with Crippen LogP contribution in [0, 0.1) is 0 Å². The van der Waals surface area contributed by atoms with Crippen molar-refractivity contribution in [3.8, 4) is 28.4 Å². The highest BCUT2D eigenvalue weighted by atomic mass is 16.5. The molecule has 1 atom stereocenters. The van der Waals surface area contributed by atoms with E-state index in [2.05, 4.69) is 0 Å². The van der Waals surface area contributed by atoms with Crippen molar-refractivity contribution in [1.82, 2.24) is 4.90 Å². The Labute approximate surface area is 162 Å². The van der Waals surface area contributed by atoms with Crippen molar-refractivity contribution >= 4 is 0 Å². The SMILES string of the molecule is CCN(CC)C(O)c1cccc(OC(C)C)c1-c1ccc(OC)cc1OC. The summed E-state index contributed by atoms with van der Waals surface area (Å²) in [5.41, 5.74) is 2.49. The van der Waals surface area contributed by atoms with Gasteiger partial charge in [0.1, 0.15) is 23.5 Å². The standard InChI is InChI=1S/C22H31NO4/c1-7-23(8-2)22(24)18-10-9-11-19(27-15(3)4)21(18)17-13-12-16(25-5)14-20(17)26-6/h9-15,22,24H,7-8H2,1-6H3. The Balaban J connectivity index is 2.71. The van der Waals surface area contributed by atoms with Crippen LogP contribution in [0.15, 0.2) is 36.4 Å². The average Bonchev–Trinajstić information content (AvgIpc) is 2.67. The van der Waals surface area contributed by atoms with Crippen molar-refractivity contribution < 1.29 is 19.3 Å². The summed E-state index contributed by atoms with van der Waals surface area (Å²) in [5.74, 6) is 2.10. The van der Waals surface area contributed by atoms with E-state index in [0.29, 0.717) is 11.5 Å². The van der Waals surface area contributed by atoms with Gasteiger partial charge in [0.15, 0.2) is 0 Å². The molecule has 1 unspecified atom stereocenters. The van der Waals surface area contributed by atoms with Gasteiger partial charge in [-0.3, -0.25) is 4.90 Å². The Hall–Kier alpha value is -2.24. The Kier molecular flexibility index (Phi) is 7.51. The van der Waals surface area contributed by atoms with Crippen LogP contribution < -0.4 is 14.2 Å². The Morgan fingerprint density at radius 1 is 0.963 bits per heavy atom. The molecule has 2 rings (SSSR count). The van der Waals surface area contributed by atoms with Gasteiger partial charge >= 0.3 is 0 Å². The maximum Gasteiger partial charge on any atom is 0.134 e. The minimum absolute atomic E-state index is 0.00818. The summed E-state index contributed by atoms with van der Waals surface area (Å²) in [6.45, 7) is 9.53. The molecule has 0 aliphatic heterocycles. The first-order valence-corrected chi connectivity index (χ1v) is 9.40. The first-order valence-electron chi connectivity index (χ1n) is 9.40. The summed E-state index contributed by atoms with van der Waals surface area (Å²) >= 11 is 0. The molecule has 2 aromatic carbocycles. The van der Waals surface area contributed by atoms with E-state index in [1.54, 1.807) is 14.2 Å². The molecule has 27 heavy (non-hydrogen) atoms. The maximum atomic E-state index is 11.1. The summed E-state index contributed by atoms with van der Waals surface area (Å²) in [6, 6.07) is 11.5. The molecule has 0 bridgehead atoms. The molecule has 0 radical (unpaired) electrons. The van der Waals surface area contributed by atoms with Crippen molar-refractivity contribution in [2.24, 2.45) is 0 Å². The molecule has 0 spiro atoms. The van der Waals surface area contributed by atoms with Crippen molar-refractivity contribution in [2.45, 2.75) is 40.0 Å². The second-order valence-corrected chi connectivity index (χ2v) is 6.55. The fraction of sp³-hybridized carbons (Fsp3) is 0.455. The van der Waals surface area contributed by atoms with Crippen LogP contribution in [0.25, 0.3) is 11.1 Å². The summed E-state index contributed by atoms with van der Waals surface area (Å²) in [5, 5.41) is 11.1. The van der Waals surface area contributed by atoms with Crippen LogP contribution >= 0.6 is 0 Å². The fourth-order valence-electron chi connectivity index (χ4n) is 3.17. The summed E-state index contributed by atoms with van der Waals surface area (Å²) < 4.78 is 17.0. The first-order chi connectivity index (χ1) is 13.0. The minimum Gasteiger partial charge on any atom is -0.497 e. The molecule has 0 heterocycles. The largest absolute Gasteiger partial charge is 0.497 e. The van der Waals surface area contributed by atoms with E-state index in [-0.39, 0.29) is 6.10 Å². The van der Waals surface area contributed by atoms with Gasteiger partial charge in [0.2, 0.25) is 0 Å². The van der Waals surface area contributed by atoms with Crippen LogP contribution in [0.3, 0.4) is 0 Å². The van der Waals surface area contributed by atoms with Gasteiger partial charge in [-0.05, 0) is 45.1 Å². The van der Waals surface area contributed by atoms with Gasteiger partial charge < -0.3 is 19.3 Å². The lowest BCUT2D eigenvalue weighted by Gasteiger charge is -2.28. The zero-order chi connectivity index (χ0) is 20.0. The van der Waals surface area contributed by atoms with E-state index >= 15 is 0 Å². The summed E-state index contributed by atoms with van der Waals surface area (Å²) in [4.78, 5) is 1.99. The summed E-state index contributed by atoms with van der Waals surface area (Å²) in [6.07, 6.45) is -0.730. The molecule has 0 aliphatic rings. The van der Waals surface area contributed by atoms with Gasteiger partial charge in [0, 0.05) is 22.8 Å². The van der Waals surface area contributed by atoms with E-state index in [4.69, 9.17) is 14.2 Å². The molecule has 0 aliphatic carbocycles. The van der Waals surface area contributed by atoms with Crippen LogP contribution in [-0.4, -0.2) is 43.4 Å². The van der Waals surface area contributed by atoms with Crippen LogP contribution in [0.5, 0.6) is 17.2 Å². The minimum atomic E-state index is -0.738. The molecule has 0 saturated heterocycles. The lowest BCUT2D eigenvalue weighted by Crippen LogP contribution is -2.28. The maximum absolute atomic E-state index is 11.1. The molecule has 0 amide bonds. The average molecular weight is 373 g/mol. The number of methoxy groups -OCH3 is 2. The predicted octanol–water partition coefficient (Wildman–Crippen LogP) is 4.49. The molecule has 2 aromatic rings. The second-order valence-electron chi connectivity index (χ2n) is 6.55. The highest BCUT2D eigenvalue weighted by Gasteiger charge is 2.24. The first kappa shape index (κ1) is 21.1. The highest BCUT2D eigenvalue weighted by molar-refractivity contribution is 5.80. The lowest BCUT2D eigenvalue weighted by atomic mass is 9.95. The molecular weight excluding hydrogens is 342 g/mol. The molecule has 1 N–H and O–H groups in total. The normalized spacial score (nSPS) is 12.3. The van der Waals surface area contributed by atoms with Crippen molar-refractivity contribution in [3.05, 3.63) is 42.0 Å². The van der Waals surface area contributed by atoms with Gasteiger partial charge in [0.25, 0.3) is 0 Å². The molecule has 5 heteroatoms. The van der Waals surface area contributed by atoms with Crippen LogP contribution in [0.1, 0.15) is 39.5 Å². The van der Waals surface area contributed by atoms with Crippen LogP contribution in [0.4, 0.5) is 0 Å². The molecule has 5 nitrogen and oxygen atoms in total. The summed E-state index contributed by atoms with van der Waals surface area (Å²) in [7, 11) is 3.25. The van der Waals surface area contributed by atoms with Crippen LogP contribution in [-0.2, 0) is 0 Å². The quantitative estimate of drug-likeness (QED) is 0.656. The third kappa shape index (κ3) is 4.73. The van der Waals surface area contributed by atoms with E-state index < -0.39 is 6.23 Å². The number of aliphatic hydroxyl groups is 1.